The highest BCUT2D eigenvalue weighted by atomic mass is 79.9. The summed E-state index contributed by atoms with van der Waals surface area (Å²) in [5.74, 6) is 0.329. The molecule has 2 rings (SSSR count). The fourth-order valence-electron chi connectivity index (χ4n) is 1.05. The van der Waals surface area contributed by atoms with Crippen LogP contribution >= 0.6 is 43.2 Å². The van der Waals surface area contributed by atoms with Crippen LogP contribution in [-0.2, 0) is 0 Å². The molecule has 0 unspecified atom stereocenters. The second-order valence-electron chi connectivity index (χ2n) is 2.39. The molecule has 1 N–H and O–H groups in total. The minimum Gasteiger partial charge on any atom is -0.506 e. The van der Waals surface area contributed by atoms with E-state index >= 15 is 0 Å². The van der Waals surface area contributed by atoms with Gasteiger partial charge in [-0.15, -0.1) is 11.3 Å². The van der Waals surface area contributed by atoms with Gasteiger partial charge >= 0.3 is 0 Å². The minimum atomic E-state index is 0.329. The zero-order valence-electron chi connectivity index (χ0n) is 5.84. The number of phenols is 1. The van der Waals surface area contributed by atoms with Gasteiger partial charge in [-0.1, -0.05) is 15.9 Å². The van der Waals surface area contributed by atoms with Crippen molar-refractivity contribution in [2.24, 2.45) is 0 Å². The summed E-state index contributed by atoms with van der Waals surface area (Å²) in [6.45, 7) is 0. The third-order valence-corrected chi connectivity index (χ3v) is 4.01. The lowest BCUT2D eigenvalue weighted by molar-refractivity contribution is 0.482. The van der Waals surface area contributed by atoms with Gasteiger partial charge in [-0.05, 0) is 28.1 Å². The largest absolute Gasteiger partial charge is 0.506 e. The van der Waals surface area contributed by atoms with E-state index in [0.717, 1.165) is 19.0 Å². The Balaban J connectivity index is 2.92. The number of aromatic hydroxyl groups is 1. The molecule has 62 valence electrons. The van der Waals surface area contributed by atoms with E-state index in [4.69, 9.17) is 0 Å². The Morgan fingerprint density at radius 1 is 1.25 bits per heavy atom. The first-order chi connectivity index (χ1) is 5.68. The molecule has 0 aliphatic rings. The molecule has 0 saturated heterocycles. The Labute approximate surface area is 90.3 Å². The van der Waals surface area contributed by atoms with Crippen LogP contribution in [0, 0.1) is 0 Å². The van der Waals surface area contributed by atoms with Crippen LogP contribution in [-0.4, -0.2) is 5.11 Å². The van der Waals surface area contributed by atoms with E-state index in [-0.39, 0.29) is 0 Å². The number of thiophene rings is 1. The van der Waals surface area contributed by atoms with Crippen molar-refractivity contribution < 1.29 is 5.11 Å². The number of phenolic OH excluding ortho intramolecular Hbond substituents is 1. The minimum absolute atomic E-state index is 0.329. The molecule has 0 spiro atoms. The fourth-order valence-corrected chi connectivity index (χ4v) is 3.05. The first-order valence-electron chi connectivity index (χ1n) is 3.23. The molecule has 0 aliphatic carbocycles. The molecule has 0 amide bonds. The van der Waals surface area contributed by atoms with E-state index in [2.05, 4.69) is 31.9 Å². The first-order valence-corrected chi connectivity index (χ1v) is 5.70. The average Bonchev–Trinajstić information content (AvgIpc) is 2.33. The zero-order chi connectivity index (χ0) is 8.72. The van der Waals surface area contributed by atoms with Crippen molar-refractivity contribution in [1.29, 1.82) is 0 Å². The maximum atomic E-state index is 9.52. The molecule has 1 aromatic carbocycles. The number of hydrogen-bond acceptors (Lipinski definition) is 2. The van der Waals surface area contributed by atoms with Gasteiger partial charge in [-0.2, -0.15) is 0 Å². The predicted octanol–water partition coefficient (Wildman–Crippen LogP) is 4.13. The number of hydrogen-bond donors (Lipinski definition) is 1. The van der Waals surface area contributed by atoms with E-state index in [0.29, 0.717) is 5.75 Å². The normalized spacial score (nSPS) is 10.8. The number of benzene rings is 1. The van der Waals surface area contributed by atoms with Gasteiger partial charge in [0.25, 0.3) is 0 Å². The van der Waals surface area contributed by atoms with Crippen LogP contribution in [0.3, 0.4) is 0 Å². The highest BCUT2D eigenvalue weighted by Crippen LogP contribution is 2.38. The van der Waals surface area contributed by atoms with Crippen LogP contribution in [0.15, 0.2) is 26.5 Å². The maximum absolute atomic E-state index is 9.52. The van der Waals surface area contributed by atoms with Crippen molar-refractivity contribution in [2.75, 3.05) is 0 Å². The van der Waals surface area contributed by atoms with Gasteiger partial charge in [0.2, 0.25) is 0 Å². The molecule has 1 aromatic heterocycles. The molecule has 0 saturated carbocycles. The van der Waals surface area contributed by atoms with Crippen molar-refractivity contribution in [3.8, 4) is 5.75 Å². The molecule has 0 radical (unpaired) electrons. The van der Waals surface area contributed by atoms with E-state index < -0.39 is 0 Å². The van der Waals surface area contributed by atoms with Crippen LogP contribution in [0.5, 0.6) is 5.75 Å². The van der Waals surface area contributed by atoms with Crippen LogP contribution in [0.2, 0.25) is 0 Å². The Kier molecular flexibility index (Phi) is 2.14. The zero-order valence-corrected chi connectivity index (χ0v) is 9.83. The molecule has 0 aliphatic heterocycles. The molecule has 0 fully saturated rings. The smallest absolute Gasteiger partial charge is 0.134 e. The van der Waals surface area contributed by atoms with Crippen LogP contribution in [0.1, 0.15) is 0 Å². The summed E-state index contributed by atoms with van der Waals surface area (Å²) in [4.78, 5) is 0. The summed E-state index contributed by atoms with van der Waals surface area (Å²) >= 11 is 8.27. The number of halogens is 2. The SMILES string of the molecule is Oc1cc(Br)cc2c(Br)csc12. The first kappa shape index (κ1) is 8.53. The summed E-state index contributed by atoms with van der Waals surface area (Å²) in [7, 11) is 0. The van der Waals surface area contributed by atoms with Gasteiger partial charge in [-0.25, -0.2) is 0 Å². The molecular formula is C8H4Br2OS. The number of fused-ring (bicyclic) bond motifs is 1. The highest BCUT2D eigenvalue weighted by molar-refractivity contribution is 9.11. The van der Waals surface area contributed by atoms with Crippen LogP contribution < -0.4 is 0 Å². The van der Waals surface area contributed by atoms with Gasteiger partial charge in [0.15, 0.2) is 0 Å². The average molecular weight is 308 g/mol. The highest BCUT2D eigenvalue weighted by Gasteiger charge is 2.06. The lowest BCUT2D eigenvalue weighted by atomic mass is 10.2. The maximum Gasteiger partial charge on any atom is 0.134 e. The summed E-state index contributed by atoms with van der Waals surface area (Å²) in [5.41, 5.74) is 0. The predicted molar refractivity (Wildman–Crippen MR) is 58.9 cm³/mol. The summed E-state index contributed by atoms with van der Waals surface area (Å²) in [6, 6.07) is 3.68. The van der Waals surface area contributed by atoms with Gasteiger partial charge in [-0.3, -0.25) is 0 Å². The molecule has 4 heteroatoms. The molecule has 1 nitrogen and oxygen atoms in total. The molecular weight excluding hydrogens is 304 g/mol. The van der Waals surface area contributed by atoms with Crippen molar-refractivity contribution in [2.45, 2.75) is 0 Å². The van der Waals surface area contributed by atoms with Crippen molar-refractivity contribution in [3.63, 3.8) is 0 Å². The fraction of sp³-hybridized carbons (Fsp3) is 0. The standard InChI is InChI=1S/C8H4Br2OS/c9-4-1-5-6(10)3-12-8(5)7(11)2-4/h1-3,11H. The quantitative estimate of drug-likeness (QED) is 0.776. The van der Waals surface area contributed by atoms with E-state index in [1.807, 2.05) is 11.4 Å². The second kappa shape index (κ2) is 3.01. The van der Waals surface area contributed by atoms with Gasteiger partial charge in [0.1, 0.15) is 5.75 Å². The lowest BCUT2D eigenvalue weighted by Gasteiger charge is -1.96. The third kappa shape index (κ3) is 1.28. The van der Waals surface area contributed by atoms with Crippen molar-refractivity contribution in [3.05, 3.63) is 26.5 Å². The second-order valence-corrected chi connectivity index (χ2v) is 5.03. The molecule has 0 bridgehead atoms. The lowest BCUT2D eigenvalue weighted by Crippen LogP contribution is -1.68. The van der Waals surface area contributed by atoms with E-state index in [1.54, 1.807) is 6.07 Å². The molecule has 12 heavy (non-hydrogen) atoms. The summed E-state index contributed by atoms with van der Waals surface area (Å²) < 4.78 is 2.84. The van der Waals surface area contributed by atoms with E-state index in [9.17, 15) is 5.11 Å². The van der Waals surface area contributed by atoms with Crippen LogP contribution in [0.4, 0.5) is 0 Å². The van der Waals surface area contributed by atoms with Gasteiger partial charge in [0.05, 0.1) is 4.70 Å². The monoisotopic (exact) mass is 306 g/mol. The molecule has 1 heterocycles. The number of rotatable bonds is 0. The Morgan fingerprint density at radius 2 is 2.00 bits per heavy atom. The summed E-state index contributed by atoms with van der Waals surface area (Å²) in [5, 5.41) is 12.5. The van der Waals surface area contributed by atoms with Crippen molar-refractivity contribution >= 4 is 53.3 Å². The van der Waals surface area contributed by atoms with E-state index in [1.165, 1.54) is 11.3 Å². The Morgan fingerprint density at radius 3 is 2.75 bits per heavy atom. The Hall–Kier alpha value is -0.0600. The van der Waals surface area contributed by atoms with Gasteiger partial charge < -0.3 is 5.11 Å². The summed E-state index contributed by atoms with van der Waals surface area (Å²) in [6.07, 6.45) is 0. The molecule has 2 aromatic rings. The topological polar surface area (TPSA) is 20.2 Å². The Bertz CT molecular complexity index is 436. The van der Waals surface area contributed by atoms with Crippen molar-refractivity contribution in [1.82, 2.24) is 0 Å². The third-order valence-electron chi connectivity index (χ3n) is 1.57. The molecule has 0 atom stereocenters. The van der Waals surface area contributed by atoms with Gasteiger partial charge in [0, 0.05) is 19.7 Å². The van der Waals surface area contributed by atoms with Crippen LogP contribution in [0.25, 0.3) is 10.1 Å².